The van der Waals surface area contributed by atoms with Crippen molar-refractivity contribution in [1.29, 1.82) is 0 Å². The van der Waals surface area contributed by atoms with Gasteiger partial charge in [0.1, 0.15) is 0 Å². The zero-order valence-corrected chi connectivity index (χ0v) is 16.5. The number of para-hydroxylation sites is 1. The molecule has 1 heterocycles. The molecule has 2 aromatic carbocycles. The molecule has 0 radical (unpaired) electrons. The van der Waals surface area contributed by atoms with E-state index in [0.717, 1.165) is 5.69 Å². The molecule has 0 saturated carbocycles. The maximum Gasteiger partial charge on any atom is 0.387 e. The SMILES string of the molecule is COc1ccc(C(=O)N2CCN(CC(=O)Nc3ccccc3)CC2)cc1OC(F)F. The molecule has 1 N–H and O–H groups in total. The fraction of sp³-hybridized carbons (Fsp3) is 0.333. The summed E-state index contributed by atoms with van der Waals surface area (Å²) in [4.78, 5) is 28.5. The second-order valence-electron chi connectivity index (χ2n) is 6.73. The standard InChI is InChI=1S/C21H23F2N3O4/c1-29-17-8-7-15(13-18(17)30-21(22)23)20(28)26-11-9-25(10-12-26)14-19(27)24-16-5-3-2-4-6-16/h2-8,13,21H,9-12,14H2,1H3,(H,24,27). The van der Waals surface area contributed by atoms with Crippen LogP contribution in [0.15, 0.2) is 48.5 Å². The van der Waals surface area contributed by atoms with Crippen LogP contribution in [0, 0.1) is 0 Å². The first-order valence-corrected chi connectivity index (χ1v) is 9.45. The molecular formula is C21H23F2N3O4. The Morgan fingerprint density at radius 3 is 2.37 bits per heavy atom. The minimum atomic E-state index is -3.02. The van der Waals surface area contributed by atoms with Crippen LogP contribution in [-0.4, -0.2) is 68.1 Å². The first kappa shape index (κ1) is 21.5. The van der Waals surface area contributed by atoms with Gasteiger partial charge in [0.05, 0.1) is 13.7 Å². The van der Waals surface area contributed by atoms with E-state index in [2.05, 4.69) is 10.1 Å². The third-order valence-corrected chi connectivity index (χ3v) is 4.71. The molecule has 2 aromatic rings. The molecule has 0 atom stereocenters. The third kappa shape index (κ3) is 5.66. The first-order chi connectivity index (χ1) is 14.5. The van der Waals surface area contributed by atoms with E-state index < -0.39 is 6.61 Å². The first-order valence-electron chi connectivity index (χ1n) is 9.45. The molecule has 1 aliphatic heterocycles. The molecule has 1 saturated heterocycles. The lowest BCUT2D eigenvalue weighted by Gasteiger charge is -2.34. The van der Waals surface area contributed by atoms with E-state index in [1.807, 2.05) is 35.2 Å². The number of piperazine rings is 1. The van der Waals surface area contributed by atoms with Gasteiger partial charge in [0.15, 0.2) is 11.5 Å². The van der Waals surface area contributed by atoms with Crippen LogP contribution in [0.2, 0.25) is 0 Å². The highest BCUT2D eigenvalue weighted by Gasteiger charge is 2.24. The van der Waals surface area contributed by atoms with Crippen molar-refractivity contribution in [2.75, 3.05) is 45.2 Å². The van der Waals surface area contributed by atoms with Gasteiger partial charge in [0.25, 0.3) is 5.91 Å². The molecule has 0 aliphatic carbocycles. The van der Waals surface area contributed by atoms with Crippen LogP contribution in [0.4, 0.5) is 14.5 Å². The molecule has 7 nitrogen and oxygen atoms in total. The number of halogens is 2. The highest BCUT2D eigenvalue weighted by Crippen LogP contribution is 2.30. The van der Waals surface area contributed by atoms with Crippen molar-refractivity contribution in [3.8, 4) is 11.5 Å². The average molecular weight is 419 g/mol. The Morgan fingerprint density at radius 2 is 1.73 bits per heavy atom. The normalized spacial score (nSPS) is 14.5. The van der Waals surface area contributed by atoms with Gasteiger partial charge in [-0.15, -0.1) is 0 Å². The molecular weight excluding hydrogens is 396 g/mol. The van der Waals surface area contributed by atoms with E-state index in [9.17, 15) is 18.4 Å². The zero-order valence-electron chi connectivity index (χ0n) is 16.5. The molecule has 0 bridgehead atoms. The highest BCUT2D eigenvalue weighted by atomic mass is 19.3. The predicted molar refractivity (Wildman–Crippen MR) is 107 cm³/mol. The summed E-state index contributed by atoms with van der Waals surface area (Å²) in [5.74, 6) is -0.467. The molecule has 1 fully saturated rings. The number of hydrogen-bond acceptors (Lipinski definition) is 5. The van der Waals surface area contributed by atoms with Crippen LogP contribution in [0.5, 0.6) is 11.5 Å². The van der Waals surface area contributed by atoms with Gasteiger partial charge in [-0.05, 0) is 30.3 Å². The van der Waals surface area contributed by atoms with Gasteiger partial charge in [-0.2, -0.15) is 8.78 Å². The lowest BCUT2D eigenvalue weighted by Crippen LogP contribution is -2.50. The van der Waals surface area contributed by atoms with Crippen molar-refractivity contribution in [3.05, 3.63) is 54.1 Å². The summed E-state index contributed by atoms with van der Waals surface area (Å²) in [5, 5.41) is 2.83. The van der Waals surface area contributed by atoms with Crippen LogP contribution in [0.3, 0.4) is 0 Å². The number of benzene rings is 2. The third-order valence-electron chi connectivity index (χ3n) is 4.71. The molecule has 160 valence electrons. The fourth-order valence-electron chi connectivity index (χ4n) is 3.21. The van der Waals surface area contributed by atoms with E-state index in [1.54, 1.807) is 4.90 Å². The summed E-state index contributed by atoms with van der Waals surface area (Å²) < 4.78 is 34.6. The topological polar surface area (TPSA) is 71.1 Å². The summed E-state index contributed by atoms with van der Waals surface area (Å²) in [6, 6.07) is 13.4. The van der Waals surface area contributed by atoms with E-state index in [1.165, 1.54) is 25.3 Å². The van der Waals surface area contributed by atoms with Gasteiger partial charge < -0.3 is 19.7 Å². The van der Waals surface area contributed by atoms with E-state index in [0.29, 0.717) is 26.2 Å². The number of anilines is 1. The van der Waals surface area contributed by atoms with Crippen molar-refractivity contribution in [2.45, 2.75) is 6.61 Å². The summed E-state index contributed by atoms with van der Waals surface area (Å²) >= 11 is 0. The fourth-order valence-corrected chi connectivity index (χ4v) is 3.21. The Bertz CT molecular complexity index is 872. The Kier molecular flexibility index (Phi) is 7.18. The minimum absolute atomic E-state index is 0.120. The number of methoxy groups -OCH3 is 1. The van der Waals surface area contributed by atoms with Crippen molar-refractivity contribution in [1.82, 2.24) is 9.80 Å². The van der Waals surface area contributed by atoms with Gasteiger partial charge in [0, 0.05) is 37.4 Å². The van der Waals surface area contributed by atoms with Crippen molar-refractivity contribution in [2.24, 2.45) is 0 Å². The van der Waals surface area contributed by atoms with E-state index >= 15 is 0 Å². The quantitative estimate of drug-likeness (QED) is 0.747. The monoisotopic (exact) mass is 419 g/mol. The average Bonchev–Trinajstić information content (AvgIpc) is 2.74. The molecule has 30 heavy (non-hydrogen) atoms. The molecule has 0 aromatic heterocycles. The summed E-state index contributed by atoms with van der Waals surface area (Å²) in [6.45, 7) is -0.876. The van der Waals surface area contributed by atoms with E-state index in [-0.39, 0.29) is 35.4 Å². The lowest BCUT2D eigenvalue weighted by molar-refractivity contribution is -0.117. The lowest BCUT2D eigenvalue weighted by atomic mass is 10.1. The largest absolute Gasteiger partial charge is 0.493 e. The number of nitrogens with zero attached hydrogens (tertiary/aromatic N) is 2. The number of alkyl halides is 2. The number of carbonyl (C=O) groups excluding carboxylic acids is 2. The van der Waals surface area contributed by atoms with Crippen molar-refractivity contribution in [3.63, 3.8) is 0 Å². The summed E-state index contributed by atoms with van der Waals surface area (Å²) in [7, 11) is 1.34. The Hall–Kier alpha value is -3.20. The number of carbonyl (C=O) groups is 2. The predicted octanol–water partition coefficient (Wildman–Crippen LogP) is 2.69. The summed E-state index contributed by atoms with van der Waals surface area (Å²) in [5.41, 5.74) is 0.972. The summed E-state index contributed by atoms with van der Waals surface area (Å²) in [6.07, 6.45) is 0. The Labute approximate surface area is 173 Å². The van der Waals surface area contributed by atoms with Gasteiger partial charge >= 0.3 is 6.61 Å². The molecule has 0 unspecified atom stereocenters. The molecule has 3 rings (SSSR count). The maximum absolute atomic E-state index is 12.8. The highest BCUT2D eigenvalue weighted by molar-refractivity contribution is 5.95. The van der Waals surface area contributed by atoms with Crippen LogP contribution in [-0.2, 0) is 4.79 Å². The number of nitrogens with one attached hydrogen (secondary N) is 1. The minimum Gasteiger partial charge on any atom is -0.493 e. The maximum atomic E-state index is 12.8. The van der Waals surface area contributed by atoms with Crippen LogP contribution >= 0.6 is 0 Å². The Morgan fingerprint density at radius 1 is 1.03 bits per heavy atom. The second kappa shape index (κ2) is 10.0. The number of rotatable bonds is 7. The van der Waals surface area contributed by atoms with Gasteiger partial charge in [-0.25, -0.2) is 0 Å². The van der Waals surface area contributed by atoms with E-state index in [4.69, 9.17) is 4.74 Å². The van der Waals surface area contributed by atoms with Crippen LogP contribution in [0.25, 0.3) is 0 Å². The number of ether oxygens (including phenoxy) is 2. The molecule has 0 spiro atoms. The van der Waals surface area contributed by atoms with Gasteiger partial charge in [-0.1, -0.05) is 18.2 Å². The number of amides is 2. The van der Waals surface area contributed by atoms with Crippen molar-refractivity contribution < 1.29 is 27.8 Å². The molecule has 2 amide bonds. The molecule has 1 aliphatic rings. The van der Waals surface area contributed by atoms with Crippen LogP contribution < -0.4 is 14.8 Å². The smallest absolute Gasteiger partial charge is 0.387 e. The second-order valence-corrected chi connectivity index (χ2v) is 6.73. The van der Waals surface area contributed by atoms with Gasteiger partial charge in [-0.3, -0.25) is 14.5 Å². The number of hydrogen-bond donors (Lipinski definition) is 1. The Balaban J connectivity index is 1.54. The van der Waals surface area contributed by atoms with Gasteiger partial charge in [0.2, 0.25) is 5.91 Å². The van der Waals surface area contributed by atoms with Crippen molar-refractivity contribution >= 4 is 17.5 Å². The van der Waals surface area contributed by atoms with Crippen LogP contribution in [0.1, 0.15) is 10.4 Å². The zero-order chi connectivity index (χ0) is 21.5. The molecule has 9 heteroatoms.